The molecule has 0 saturated carbocycles. The molecule has 0 fully saturated rings. The minimum atomic E-state index is 0.0119. The van der Waals surface area contributed by atoms with Crippen LogP contribution < -0.4 is 5.73 Å². The summed E-state index contributed by atoms with van der Waals surface area (Å²) in [4.78, 5) is 8.01. The Morgan fingerprint density at radius 2 is 1.89 bits per heavy atom. The van der Waals surface area contributed by atoms with Crippen molar-refractivity contribution in [1.82, 2.24) is 9.97 Å². The van der Waals surface area contributed by atoms with E-state index in [0.717, 1.165) is 42.0 Å². The van der Waals surface area contributed by atoms with E-state index in [2.05, 4.69) is 55.0 Å². The Labute approximate surface area is 115 Å². The lowest BCUT2D eigenvalue weighted by Gasteiger charge is -2.06. The van der Waals surface area contributed by atoms with Gasteiger partial charge >= 0.3 is 0 Å². The number of unbranched alkanes of at least 4 members (excludes halogenated alkanes) is 1. The Morgan fingerprint density at radius 3 is 2.53 bits per heavy atom. The summed E-state index contributed by atoms with van der Waals surface area (Å²) in [5.74, 6) is 0.904. The Balaban J connectivity index is 2.23. The molecule has 3 nitrogen and oxygen atoms in total. The monoisotopic (exact) mass is 257 g/mol. The Bertz CT molecular complexity index is 525. The van der Waals surface area contributed by atoms with E-state index in [9.17, 15) is 0 Å². The van der Waals surface area contributed by atoms with Crippen molar-refractivity contribution < 1.29 is 0 Å². The van der Waals surface area contributed by atoms with Crippen LogP contribution in [-0.2, 0) is 0 Å². The van der Waals surface area contributed by atoms with Crippen LogP contribution in [0.2, 0.25) is 0 Å². The number of nitrogens with two attached hydrogens (primary N) is 1. The number of rotatable bonds is 5. The molecule has 0 amide bonds. The lowest BCUT2D eigenvalue weighted by atomic mass is 10.1. The van der Waals surface area contributed by atoms with Gasteiger partial charge in [0.2, 0.25) is 0 Å². The molecular weight excluding hydrogens is 234 g/mol. The smallest absolute Gasteiger partial charge is 0.123 e. The van der Waals surface area contributed by atoms with Crippen LogP contribution in [0.5, 0.6) is 0 Å². The summed E-state index contributed by atoms with van der Waals surface area (Å²) in [6.07, 6.45) is 3.29. The molecule has 1 aromatic carbocycles. The first kappa shape index (κ1) is 13.8. The lowest BCUT2D eigenvalue weighted by molar-refractivity contribution is 0.579. The summed E-state index contributed by atoms with van der Waals surface area (Å²) < 4.78 is 0. The van der Waals surface area contributed by atoms with Crippen molar-refractivity contribution in [3.05, 3.63) is 41.3 Å². The number of H-pyrrole nitrogens is 1. The quantitative estimate of drug-likeness (QED) is 0.854. The van der Waals surface area contributed by atoms with Crippen LogP contribution in [0.15, 0.2) is 24.3 Å². The molecule has 102 valence electrons. The van der Waals surface area contributed by atoms with Gasteiger partial charge in [0.15, 0.2) is 0 Å². The van der Waals surface area contributed by atoms with Crippen molar-refractivity contribution >= 4 is 0 Å². The number of hydrogen-bond donors (Lipinski definition) is 2. The molecule has 0 bridgehead atoms. The first-order valence-corrected chi connectivity index (χ1v) is 7.01. The lowest BCUT2D eigenvalue weighted by Crippen LogP contribution is -2.11. The van der Waals surface area contributed by atoms with Crippen molar-refractivity contribution in [2.75, 3.05) is 0 Å². The van der Waals surface area contributed by atoms with E-state index in [4.69, 9.17) is 5.73 Å². The zero-order valence-corrected chi connectivity index (χ0v) is 12.0. The van der Waals surface area contributed by atoms with Gasteiger partial charge in [0.1, 0.15) is 5.82 Å². The average molecular weight is 257 g/mol. The molecule has 0 radical (unpaired) electrons. The fourth-order valence-electron chi connectivity index (χ4n) is 2.21. The molecule has 1 unspecified atom stereocenters. The van der Waals surface area contributed by atoms with Crippen LogP contribution >= 0.6 is 0 Å². The molecule has 1 heterocycles. The van der Waals surface area contributed by atoms with Gasteiger partial charge in [-0.05, 0) is 20.3 Å². The zero-order chi connectivity index (χ0) is 13.8. The van der Waals surface area contributed by atoms with E-state index >= 15 is 0 Å². The number of aromatic amines is 1. The van der Waals surface area contributed by atoms with Crippen molar-refractivity contribution in [1.29, 1.82) is 0 Å². The Kier molecular flexibility index (Phi) is 4.38. The predicted octanol–water partition coefficient (Wildman–Crippen LogP) is 3.88. The van der Waals surface area contributed by atoms with E-state index in [-0.39, 0.29) is 6.04 Å². The van der Waals surface area contributed by atoms with E-state index in [0.29, 0.717) is 0 Å². The molecule has 1 atom stereocenters. The molecule has 19 heavy (non-hydrogen) atoms. The van der Waals surface area contributed by atoms with E-state index < -0.39 is 0 Å². The van der Waals surface area contributed by atoms with Gasteiger partial charge in [0.25, 0.3) is 0 Å². The number of hydrogen-bond acceptors (Lipinski definition) is 2. The van der Waals surface area contributed by atoms with Crippen LogP contribution in [0.1, 0.15) is 49.3 Å². The second kappa shape index (κ2) is 6.02. The minimum Gasteiger partial charge on any atom is -0.344 e. The summed E-state index contributed by atoms with van der Waals surface area (Å²) in [5.41, 5.74) is 10.7. The van der Waals surface area contributed by atoms with Gasteiger partial charge in [0.05, 0.1) is 11.7 Å². The molecule has 0 aliphatic rings. The van der Waals surface area contributed by atoms with E-state index in [1.807, 2.05) is 0 Å². The Hall–Kier alpha value is -1.61. The fourth-order valence-corrected chi connectivity index (χ4v) is 2.21. The summed E-state index contributed by atoms with van der Waals surface area (Å²) >= 11 is 0. The maximum atomic E-state index is 6.17. The minimum absolute atomic E-state index is 0.0119. The summed E-state index contributed by atoms with van der Waals surface area (Å²) in [5, 5.41) is 0. The maximum Gasteiger partial charge on any atom is 0.123 e. The SMILES string of the molecule is CCCCC(N)c1nc(-c2ccc(C)cc2)c(C)[nH]1. The number of aromatic nitrogens is 2. The average Bonchev–Trinajstić information content (AvgIpc) is 2.79. The van der Waals surface area contributed by atoms with Crippen molar-refractivity contribution in [3.63, 3.8) is 0 Å². The highest BCUT2D eigenvalue weighted by molar-refractivity contribution is 5.62. The molecule has 0 saturated heterocycles. The highest BCUT2D eigenvalue weighted by atomic mass is 15.0. The molecule has 2 rings (SSSR count). The third-order valence-electron chi connectivity index (χ3n) is 3.45. The molecule has 2 aromatic rings. The molecule has 3 N–H and O–H groups in total. The summed E-state index contributed by atoms with van der Waals surface area (Å²) in [7, 11) is 0. The second-order valence-corrected chi connectivity index (χ2v) is 5.21. The van der Waals surface area contributed by atoms with Crippen LogP contribution in [0, 0.1) is 13.8 Å². The third-order valence-corrected chi connectivity index (χ3v) is 3.45. The number of benzene rings is 1. The van der Waals surface area contributed by atoms with Gasteiger partial charge in [-0.25, -0.2) is 4.98 Å². The molecule has 3 heteroatoms. The summed E-state index contributed by atoms with van der Waals surface area (Å²) in [6, 6.07) is 8.46. The van der Waals surface area contributed by atoms with Gasteiger partial charge < -0.3 is 10.7 Å². The van der Waals surface area contributed by atoms with Crippen LogP contribution in [0.4, 0.5) is 0 Å². The number of aryl methyl sites for hydroxylation is 2. The van der Waals surface area contributed by atoms with Crippen LogP contribution in [0.25, 0.3) is 11.3 Å². The molecule has 1 aromatic heterocycles. The first-order valence-electron chi connectivity index (χ1n) is 7.01. The molecule has 0 spiro atoms. The van der Waals surface area contributed by atoms with Gasteiger partial charge in [-0.15, -0.1) is 0 Å². The van der Waals surface area contributed by atoms with Crippen molar-refractivity contribution in [3.8, 4) is 11.3 Å². The van der Waals surface area contributed by atoms with E-state index in [1.165, 1.54) is 5.56 Å². The summed E-state index contributed by atoms with van der Waals surface area (Å²) in [6.45, 7) is 6.32. The number of nitrogens with one attached hydrogen (secondary N) is 1. The van der Waals surface area contributed by atoms with Gasteiger partial charge in [-0.2, -0.15) is 0 Å². The number of imidazole rings is 1. The molecule has 0 aliphatic carbocycles. The van der Waals surface area contributed by atoms with Crippen LogP contribution in [-0.4, -0.2) is 9.97 Å². The third kappa shape index (κ3) is 3.24. The van der Waals surface area contributed by atoms with Crippen molar-refractivity contribution in [2.45, 2.75) is 46.1 Å². The molecular formula is C16H23N3. The van der Waals surface area contributed by atoms with Gasteiger partial charge in [-0.1, -0.05) is 49.6 Å². The predicted molar refractivity (Wildman–Crippen MR) is 80.0 cm³/mol. The van der Waals surface area contributed by atoms with Crippen LogP contribution in [0.3, 0.4) is 0 Å². The largest absolute Gasteiger partial charge is 0.344 e. The Morgan fingerprint density at radius 1 is 1.21 bits per heavy atom. The van der Waals surface area contributed by atoms with Gasteiger partial charge in [-0.3, -0.25) is 0 Å². The molecule has 0 aliphatic heterocycles. The van der Waals surface area contributed by atoms with Crippen molar-refractivity contribution in [2.24, 2.45) is 5.73 Å². The number of nitrogens with zero attached hydrogens (tertiary/aromatic N) is 1. The van der Waals surface area contributed by atoms with Gasteiger partial charge in [0, 0.05) is 11.3 Å². The van der Waals surface area contributed by atoms with E-state index in [1.54, 1.807) is 0 Å². The topological polar surface area (TPSA) is 54.7 Å². The second-order valence-electron chi connectivity index (χ2n) is 5.21. The maximum absolute atomic E-state index is 6.17. The fraction of sp³-hybridized carbons (Fsp3) is 0.438. The first-order chi connectivity index (χ1) is 9.11. The zero-order valence-electron chi connectivity index (χ0n) is 12.0. The highest BCUT2D eigenvalue weighted by Gasteiger charge is 2.13. The standard InChI is InChI=1S/C16H23N3/c1-4-5-6-14(17)16-18-12(3)15(19-16)13-9-7-11(2)8-10-13/h7-10,14H,4-6,17H2,1-3H3,(H,18,19). The highest BCUT2D eigenvalue weighted by Crippen LogP contribution is 2.24. The normalized spacial score (nSPS) is 12.6.